The van der Waals surface area contributed by atoms with Crippen LogP contribution in [0.3, 0.4) is 0 Å². The van der Waals surface area contributed by atoms with Crippen LogP contribution in [-0.4, -0.2) is 23.8 Å². The molecule has 2 aromatic rings. The number of pyridine rings is 1. The van der Waals surface area contributed by atoms with Gasteiger partial charge in [-0.05, 0) is 26.0 Å². The fourth-order valence-corrected chi connectivity index (χ4v) is 2.09. The Balaban J connectivity index is 2.56. The van der Waals surface area contributed by atoms with Crippen LogP contribution in [0.15, 0.2) is 35.3 Å². The minimum atomic E-state index is -0.344. The highest BCUT2D eigenvalue weighted by atomic mass is 16.5. The highest BCUT2D eigenvalue weighted by Crippen LogP contribution is 2.23. The number of carbonyl (C=O) groups is 1. The normalized spacial score (nSPS) is 10.5. The number of aromatic nitrogens is 1. The summed E-state index contributed by atoms with van der Waals surface area (Å²) in [4.78, 5) is 23.6. The number of fused-ring (bicyclic) bond motifs is 1. The molecule has 5 nitrogen and oxygen atoms in total. The lowest BCUT2D eigenvalue weighted by atomic mass is 10.2. The summed E-state index contributed by atoms with van der Waals surface area (Å²) in [7, 11) is 0. The zero-order valence-corrected chi connectivity index (χ0v) is 11.6. The van der Waals surface area contributed by atoms with Crippen LogP contribution in [0.4, 0.5) is 0 Å². The summed E-state index contributed by atoms with van der Waals surface area (Å²) in [6.07, 6.45) is 1.59. The predicted octanol–water partition coefficient (Wildman–Crippen LogP) is 1.96. The standard InChI is InChI=1S/C15H17NO4/c1-3-19-13-7-5-6-11-12(17)8-9-16(15(11)13)10-14(18)20-4-2/h5-9H,3-4,10H2,1-2H3. The molecule has 1 aromatic carbocycles. The number of hydrogen-bond acceptors (Lipinski definition) is 4. The summed E-state index contributed by atoms with van der Waals surface area (Å²) in [5.74, 6) is 0.246. The molecule has 0 spiro atoms. The van der Waals surface area contributed by atoms with Crippen molar-refractivity contribution in [2.45, 2.75) is 20.4 Å². The van der Waals surface area contributed by atoms with Gasteiger partial charge >= 0.3 is 5.97 Å². The van der Waals surface area contributed by atoms with Gasteiger partial charge in [-0.2, -0.15) is 0 Å². The molecule has 0 fully saturated rings. The Hall–Kier alpha value is -2.30. The van der Waals surface area contributed by atoms with Crippen LogP contribution in [0.1, 0.15) is 13.8 Å². The average molecular weight is 275 g/mol. The second kappa shape index (κ2) is 6.23. The molecule has 106 valence electrons. The van der Waals surface area contributed by atoms with E-state index in [-0.39, 0.29) is 17.9 Å². The number of carbonyl (C=O) groups excluding carboxylic acids is 1. The summed E-state index contributed by atoms with van der Waals surface area (Å²) in [5.41, 5.74) is 0.525. The van der Waals surface area contributed by atoms with Crippen LogP contribution >= 0.6 is 0 Å². The Morgan fingerprint density at radius 2 is 2.00 bits per heavy atom. The minimum absolute atomic E-state index is 0.0503. The second-order valence-electron chi connectivity index (χ2n) is 4.20. The lowest BCUT2D eigenvalue weighted by Crippen LogP contribution is -2.17. The third-order valence-corrected chi connectivity index (χ3v) is 2.86. The first-order valence-electron chi connectivity index (χ1n) is 6.58. The highest BCUT2D eigenvalue weighted by Gasteiger charge is 2.11. The van der Waals surface area contributed by atoms with Gasteiger partial charge in [-0.25, -0.2) is 0 Å². The topological polar surface area (TPSA) is 57.5 Å². The average Bonchev–Trinajstić information content (AvgIpc) is 2.43. The molecule has 0 unspecified atom stereocenters. The van der Waals surface area contributed by atoms with Crippen molar-refractivity contribution in [2.75, 3.05) is 13.2 Å². The third-order valence-electron chi connectivity index (χ3n) is 2.86. The van der Waals surface area contributed by atoms with E-state index in [4.69, 9.17) is 9.47 Å². The van der Waals surface area contributed by atoms with Gasteiger partial charge in [-0.1, -0.05) is 6.07 Å². The molecule has 0 saturated heterocycles. The first kappa shape index (κ1) is 14.1. The first-order chi connectivity index (χ1) is 9.67. The number of rotatable bonds is 5. The van der Waals surface area contributed by atoms with Gasteiger partial charge in [-0.3, -0.25) is 9.59 Å². The molecule has 0 radical (unpaired) electrons. The van der Waals surface area contributed by atoms with Crippen molar-refractivity contribution in [1.29, 1.82) is 0 Å². The van der Waals surface area contributed by atoms with Crippen molar-refractivity contribution in [3.63, 3.8) is 0 Å². The van der Waals surface area contributed by atoms with E-state index in [0.29, 0.717) is 29.9 Å². The monoisotopic (exact) mass is 275 g/mol. The molecule has 0 N–H and O–H groups in total. The van der Waals surface area contributed by atoms with Crippen molar-refractivity contribution >= 4 is 16.9 Å². The van der Waals surface area contributed by atoms with Crippen LogP contribution in [0.5, 0.6) is 5.75 Å². The molecule has 5 heteroatoms. The molecule has 0 saturated carbocycles. The Labute approximate surface area is 116 Å². The van der Waals surface area contributed by atoms with Gasteiger partial charge in [0.2, 0.25) is 0 Å². The number of ether oxygens (including phenoxy) is 2. The molecule has 0 aliphatic carbocycles. The molecule has 20 heavy (non-hydrogen) atoms. The number of benzene rings is 1. The number of esters is 1. The van der Waals surface area contributed by atoms with Crippen LogP contribution in [0.2, 0.25) is 0 Å². The largest absolute Gasteiger partial charge is 0.492 e. The summed E-state index contributed by atoms with van der Waals surface area (Å²) < 4.78 is 12.2. The summed E-state index contributed by atoms with van der Waals surface area (Å²) >= 11 is 0. The van der Waals surface area contributed by atoms with Gasteiger partial charge in [0, 0.05) is 17.6 Å². The van der Waals surface area contributed by atoms with E-state index in [9.17, 15) is 9.59 Å². The SMILES string of the molecule is CCOC(=O)Cn1ccc(=O)c2cccc(OCC)c21. The van der Waals surface area contributed by atoms with Crippen LogP contribution in [0, 0.1) is 0 Å². The van der Waals surface area contributed by atoms with E-state index >= 15 is 0 Å². The number of nitrogens with zero attached hydrogens (tertiary/aromatic N) is 1. The van der Waals surface area contributed by atoms with E-state index in [1.165, 1.54) is 6.07 Å². The zero-order chi connectivity index (χ0) is 14.5. The fraction of sp³-hybridized carbons (Fsp3) is 0.333. The van der Waals surface area contributed by atoms with Crippen LogP contribution in [-0.2, 0) is 16.1 Å². The molecule has 1 aromatic heterocycles. The van der Waals surface area contributed by atoms with Crippen molar-refractivity contribution < 1.29 is 14.3 Å². The Bertz CT molecular complexity index is 675. The summed E-state index contributed by atoms with van der Waals surface area (Å²) in [6.45, 7) is 4.49. The van der Waals surface area contributed by atoms with Crippen LogP contribution < -0.4 is 10.2 Å². The minimum Gasteiger partial charge on any atom is -0.492 e. The van der Waals surface area contributed by atoms with Crippen molar-refractivity contribution in [1.82, 2.24) is 4.57 Å². The van der Waals surface area contributed by atoms with Gasteiger partial charge < -0.3 is 14.0 Å². The number of hydrogen-bond donors (Lipinski definition) is 0. The van der Waals surface area contributed by atoms with Crippen molar-refractivity contribution in [3.8, 4) is 5.75 Å². The van der Waals surface area contributed by atoms with Gasteiger partial charge in [-0.15, -0.1) is 0 Å². The first-order valence-corrected chi connectivity index (χ1v) is 6.58. The lowest BCUT2D eigenvalue weighted by molar-refractivity contribution is -0.143. The second-order valence-corrected chi connectivity index (χ2v) is 4.20. The van der Waals surface area contributed by atoms with Gasteiger partial charge in [0.15, 0.2) is 5.43 Å². The fourth-order valence-electron chi connectivity index (χ4n) is 2.09. The van der Waals surface area contributed by atoms with E-state index in [1.54, 1.807) is 35.9 Å². The Kier molecular flexibility index (Phi) is 4.40. The Morgan fingerprint density at radius 3 is 2.70 bits per heavy atom. The zero-order valence-electron chi connectivity index (χ0n) is 11.6. The number of para-hydroxylation sites is 1. The molecule has 0 amide bonds. The molecule has 0 atom stereocenters. The third kappa shape index (κ3) is 2.82. The Morgan fingerprint density at radius 1 is 1.20 bits per heavy atom. The van der Waals surface area contributed by atoms with E-state index < -0.39 is 0 Å². The summed E-state index contributed by atoms with van der Waals surface area (Å²) in [6, 6.07) is 6.72. The lowest BCUT2D eigenvalue weighted by Gasteiger charge is -2.13. The molecule has 0 aliphatic heterocycles. The maximum atomic E-state index is 11.9. The smallest absolute Gasteiger partial charge is 0.325 e. The molecular formula is C15H17NO4. The molecule has 2 rings (SSSR count). The highest BCUT2D eigenvalue weighted by molar-refractivity contribution is 5.86. The molecule has 1 heterocycles. The molecule has 0 bridgehead atoms. The molecule has 0 aliphatic rings. The van der Waals surface area contributed by atoms with Crippen LogP contribution in [0.25, 0.3) is 10.9 Å². The van der Waals surface area contributed by atoms with E-state index in [0.717, 1.165) is 0 Å². The van der Waals surface area contributed by atoms with Gasteiger partial charge in [0.05, 0.1) is 18.7 Å². The van der Waals surface area contributed by atoms with E-state index in [2.05, 4.69) is 0 Å². The maximum Gasteiger partial charge on any atom is 0.325 e. The van der Waals surface area contributed by atoms with Gasteiger partial charge in [0.25, 0.3) is 0 Å². The van der Waals surface area contributed by atoms with Crippen molar-refractivity contribution in [2.24, 2.45) is 0 Å². The predicted molar refractivity (Wildman–Crippen MR) is 76.0 cm³/mol. The van der Waals surface area contributed by atoms with E-state index in [1.807, 2.05) is 6.92 Å². The van der Waals surface area contributed by atoms with Crippen molar-refractivity contribution in [3.05, 3.63) is 40.7 Å². The molecular weight excluding hydrogens is 258 g/mol. The van der Waals surface area contributed by atoms with Gasteiger partial charge in [0.1, 0.15) is 12.3 Å². The summed E-state index contributed by atoms with van der Waals surface area (Å²) in [5, 5.41) is 0.530. The quantitative estimate of drug-likeness (QED) is 0.783. The maximum absolute atomic E-state index is 11.9.